The Morgan fingerprint density at radius 2 is 2.05 bits per heavy atom. The number of nitrogen functional groups attached to an aromatic ring is 1. The number of ether oxygens (including phenoxy) is 1. The summed E-state index contributed by atoms with van der Waals surface area (Å²) in [6.45, 7) is 4.08. The van der Waals surface area contributed by atoms with E-state index in [1.165, 1.54) is 0 Å². The second-order valence-electron chi connectivity index (χ2n) is 4.66. The van der Waals surface area contributed by atoms with Gasteiger partial charge in [-0.15, -0.1) is 0 Å². The maximum atomic E-state index is 11.9. The van der Waals surface area contributed by atoms with E-state index >= 15 is 0 Å². The quantitative estimate of drug-likeness (QED) is 0.875. The largest absolute Gasteiger partial charge is 0.462 e. The van der Waals surface area contributed by atoms with E-state index in [4.69, 9.17) is 10.5 Å². The van der Waals surface area contributed by atoms with Gasteiger partial charge in [0.1, 0.15) is 0 Å². The number of carbonyl (C=O) groups excluding carboxylic acids is 1. The lowest BCUT2D eigenvalue weighted by Gasteiger charge is -2.22. The van der Waals surface area contributed by atoms with Gasteiger partial charge in [-0.2, -0.15) is 0 Å². The Kier molecular flexibility index (Phi) is 4.42. The Bertz CT molecular complexity index is 656. The van der Waals surface area contributed by atoms with Crippen LogP contribution in [0.25, 0.3) is 0 Å². The van der Waals surface area contributed by atoms with Crippen molar-refractivity contribution in [3.63, 3.8) is 0 Å². The molecule has 0 saturated carbocycles. The molecule has 2 aromatic rings. The van der Waals surface area contributed by atoms with E-state index in [9.17, 15) is 4.79 Å². The van der Waals surface area contributed by atoms with Gasteiger partial charge in [-0.25, -0.2) is 9.78 Å². The van der Waals surface area contributed by atoms with Crippen LogP contribution in [0.3, 0.4) is 0 Å². The average Bonchev–Trinajstić information content (AvgIpc) is 2.47. The van der Waals surface area contributed by atoms with E-state index in [0.717, 1.165) is 11.3 Å². The van der Waals surface area contributed by atoms with Gasteiger partial charge in [0.05, 0.1) is 17.9 Å². The van der Waals surface area contributed by atoms with E-state index in [1.54, 1.807) is 19.2 Å². The summed E-state index contributed by atoms with van der Waals surface area (Å²) in [6, 6.07) is 9.48. The van der Waals surface area contributed by atoms with E-state index in [0.29, 0.717) is 23.7 Å². The predicted molar refractivity (Wildman–Crippen MR) is 83.8 cm³/mol. The van der Waals surface area contributed by atoms with Crippen LogP contribution in [0.2, 0.25) is 0 Å². The number of nitrogens with zero attached hydrogens (tertiary/aromatic N) is 2. The summed E-state index contributed by atoms with van der Waals surface area (Å²) in [5.74, 6) is 0.103. The molecule has 0 aliphatic rings. The van der Waals surface area contributed by atoms with Crippen LogP contribution in [0.1, 0.15) is 22.8 Å². The van der Waals surface area contributed by atoms with Crippen molar-refractivity contribution in [3.8, 4) is 0 Å². The average molecular weight is 285 g/mol. The molecule has 0 spiro atoms. The number of benzene rings is 1. The molecule has 5 nitrogen and oxygen atoms in total. The van der Waals surface area contributed by atoms with Crippen LogP contribution >= 0.6 is 0 Å². The molecule has 0 aliphatic carbocycles. The second-order valence-corrected chi connectivity index (χ2v) is 4.66. The van der Waals surface area contributed by atoms with Crippen molar-refractivity contribution in [1.82, 2.24) is 4.98 Å². The second kappa shape index (κ2) is 6.26. The van der Waals surface area contributed by atoms with Crippen molar-refractivity contribution in [2.45, 2.75) is 13.8 Å². The standard InChI is InChI=1S/C16H19N3O2/c1-4-21-16(20)12-9-10-18-15(14(12)17)19(3)13-8-6-5-7-11(13)2/h5-10H,4,17H2,1-3H3. The number of aryl methyl sites for hydroxylation is 1. The van der Waals surface area contributed by atoms with Crippen molar-refractivity contribution in [2.24, 2.45) is 0 Å². The molecule has 0 bridgehead atoms. The van der Waals surface area contributed by atoms with Crippen LogP contribution < -0.4 is 10.6 Å². The third-order valence-electron chi connectivity index (χ3n) is 3.26. The van der Waals surface area contributed by atoms with Crippen molar-refractivity contribution in [1.29, 1.82) is 0 Å². The highest BCUT2D eigenvalue weighted by Gasteiger charge is 2.18. The number of carbonyl (C=O) groups is 1. The minimum Gasteiger partial charge on any atom is -0.462 e. The highest BCUT2D eigenvalue weighted by molar-refractivity contribution is 5.98. The molecular weight excluding hydrogens is 266 g/mol. The van der Waals surface area contributed by atoms with Crippen LogP contribution in [0.4, 0.5) is 17.2 Å². The number of anilines is 3. The van der Waals surface area contributed by atoms with Crippen molar-refractivity contribution in [2.75, 3.05) is 24.3 Å². The molecule has 21 heavy (non-hydrogen) atoms. The van der Waals surface area contributed by atoms with Crippen LogP contribution in [-0.4, -0.2) is 24.6 Å². The van der Waals surface area contributed by atoms with Gasteiger partial charge in [0.25, 0.3) is 0 Å². The smallest absolute Gasteiger partial charge is 0.340 e. The Labute approximate surface area is 124 Å². The van der Waals surface area contributed by atoms with Gasteiger partial charge in [-0.3, -0.25) is 0 Å². The van der Waals surface area contributed by atoms with E-state index < -0.39 is 5.97 Å². The minimum atomic E-state index is -0.433. The molecule has 5 heteroatoms. The van der Waals surface area contributed by atoms with Crippen LogP contribution in [0, 0.1) is 6.92 Å². The first-order valence-corrected chi connectivity index (χ1v) is 6.77. The number of esters is 1. The van der Waals surface area contributed by atoms with Crippen molar-refractivity contribution >= 4 is 23.2 Å². The summed E-state index contributed by atoms with van der Waals surface area (Å²) in [6.07, 6.45) is 1.56. The summed E-state index contributed by atoms with van der Waals surface area (Å²) in [4.78, 5) is 18.1. The molecule has 0 atom stereocenters. The summed E-state index contributed by atoms with van der Waals surface area (Å²) < 4.78 is 5.01. The Morgan fingerprint density at radius 3 is 2.71 bits per heavy atom. The predicted octanol–water partition coefficient (Wildman–Crippen LogP) is 2.92. The maximum absolute atomic E-state index is 11.9. The first-order chi connectivity index (χ1) is 10.1. The van der Waals surface area contributed by atoms with E-state index in [-0.39, 0.29) is 0 Å². The zero-order valence-electron chi connectivity index (χ0n) is 12.5. The van der Waals surface area contributed by atoms with Gasteiger partial charge in [0.15, 0.2) is 5.82 Å². The number of hydrogen-bond acceptors (Lipinski definition) is 5. The topological polar surface area (TPSA) is 68.5 Å². The number of pyridine rings is 1. The SMILES string of the molecule is CCOC(=O)c1ccnc(N(C)c2ccccc2C)c1N. The summed E-state index contributed by atoms with van der Waals surface area (Å²) in [7, 11) is 1.87. The Morgan fingerprint density at radius 1 is 1.33 bits per heavy atom. The fourth-order valence-corrected chi connectivity index (χ4v) is 2.17. The lowest BCUT2D eigenvalue weighted by molar-refractivity contribution is 0.0527. The van der Waals surface area contributed by atoms with Gasteiger partial charge in [-0.05, 0) is 31.5 Å². The molecule has 0 unspecified atom stereocenters. The van der Waals surface area contributed by atoms with Gasteiger partial charge >= 0.3 is 5.97 Å². The van der Waals surface area contributed by atoms with Crippen LogP contribution in [0.15, 0.2) is 36.5 Å². The zero-order chi connectivity index (χ0) is 15.4. The molecule has 0 aliphatic heterocycles. The molecule has 1 aromatic carbocycles. The number of para-hydroxylation sites is 1. The lowest BCUT2D eigenvalue weighted by atomic mass is 10.1. The first kappa shape index (κ1) is 14.8. The minimum absolute atomic E-state index is 0.309. The highest BCUT2D eigenvalue weighted by atomic mass is 16.5. The molecule has 0 fully saturated rings. The Hall–Kier alpha value is -2.56. The fraction of sp³-hybridized carbons (Fsp3) is 0.250. The molecule has 110 valence electrons. The molecule has 2 rings (SSSR count). The van der Waals surface area contributed by atoms with E-state index in [1.807, 2.05) is 43.1 Å². The van der Waals surface area contributed by atoms with E-state index in [2.05, 4.69) is 4.98 Å². The normalized spacial score (nSPS) is 10.2. The molecule has 1 aromatic heterocycles. The molecule has 0 radical (unpaired) electrons. The van der Waals surface area contributed by atoms with Crippen LogP contribution in [-0.2, 0) is 4.74 Å². The van der Waals surface area contributed by atoms with Crippen molar-refractivity contribution in [3.05, 3.63) is 47.7 Å². The summed E-state index contributed by atoms with van der Waals surface area (Å²) in [5.41, 5.74) is 8.84. The monoisotopic (exact) mass is 285 g/mol. The third kappa shape index (κ3) is 2.97. The molecular formula is C16H19N3O2. The molecule has 2 N–H and O–H groups in total. The summed E-state index contributed by atoms with van der Waals surface area (Å²) >= 11 is 0. The van der Waals surface area contributed by atoms with Gasteiger partial charge < -0.3 is 15.4 Å². The van der Waals surface area contributed by atoms with Crippen molar-refractivity contribution < 1.29 is 9.53 Å². The highest BCUT2D eigenvalue weighted by Crippen LogP contribution is 2.31. The summed E-state index contributed by atoms with van der Waals surface area (Å²) in [5, 5.41) is 0. The zero-order valence-corrected chi connectivity index (χ0v) is 12.5. The number of nitrogens with two attached hydrogens (primary N) is 1. The molecule has 0 saturated heterocycles. The Balaban J connectivity index is 2.43. The fourth-order valence-electron chi connectivity index (χ4n) is 2.17. The third-order valence-corrected chi connectivity index (χ3v) is 3.26. The van der Waals surface area contributed by atoms with Gasteiger partial charge in [0, 0.05) is 18.9 Å². The lowest BCUT2D eigenvalue weighted by Crippen LogP contribution is -2.17. The van der Waals surface area contributed by atoms with Crippen LogP contribution in [0.5, 0.6) is 0 Å². The van der Waals surface area contributed by atoms with Gasteiger partial charge in [0.2, 0.25) is 0 Å². The number of rotatable bonds is 4. The number of hydrogen-bond donors (Lipinski definition) is 1. The molecule has 1 heterocycles. The maximum Gasteiger partial charge on any atom is 0.340 e. The number of aromatic nitrogens is 1. The first-order valence-electron chi connectivity index (χ1n) is 6.77. The molecule has 0 amide bonds. The van der Waals surface area contributed by atoms with Gasteiger partial charge in [-0.1, -0.05) is 18.2 Å².